The molecule has 94 valence electrons. The van der Waals surface area contributed by atoms with E-state index < -0.39 is 0 Å². The highest BCUT2D eigenvalue weighted by Crippen LogP contribution is 2.19. The number of nitrogens with zero attached hydrogens (tertiary/aromatic N) is 3. The lowest BCUT2D eigenvalue weighted by atomic mass is 10.3. The third kappa shape index (κ3) is 4.08. The minimum atomic E-state index is 0.421. The molecule has 0 aromatic carbocycles. The highest BCUT2D eigenvalue weighted by Gasteiger charge is 2.11. The molecule has 0 bridgehead atoms. The second-order valence-electron chi connectivity index (χ2n) is 3.71. The maximum absolute atomic E-state index is 8.98. The third-order valence-electron chi connectivity index (χ3n) is 2.66. The minimum Gasteiger partial charge on any atom is -0.378 e. The van der Waals surface area contributed by atoms with Crippen LogP contribution in [0.4, 0.5) is 0 Å². The molecule has 0 atom stereocenters. The van der Waals surface area contributed by atoms with Gasteiger partial charge < -0.3 is 9.64 Å². The number of hydrogen-bond donors (Lipinski definition) is 0. The van der Waals surface area contributed by atoms with Crippen LogP contribution < -0.4 is 0 Å². The summed E-state index contributed by atoms with van der Waals surface area (Å²) in [5, 5.41) is 10.0. The van der Waals surface area contributed by atoms with Gasteiger partial charge in [-0.25, -0.2) is 4.98 Å². The number of nitriles is 1. The SMILES string of the molecule is CCN(CC)CCc1nc(COC)c(C#N)s1. The molecule has 0 saturated carbocycles. The molecular formula is C12H19N3OS. The molecule has 17 heavy (non-hydrogen) atoms. The molecule has 0 aliphatic rings. The molecule has 0 unspecified atom stereocenters. The summed E-state index contributed by atoms with van der Waals surface area (Å²) in [6, 6.07) is 2.18. The molecule has 0 spiro atoms. The molecule has 1 rings (SSSR count). The molecule has 5 heteroatoms. The van der Waals surface area contributed by atoms with Gasteiger partial charge in [0.15, 0.2) is 0 Å². The Hall–Kier alpha value is -0.960. The monoisotopic (exact) mass is 253 g/mol. The quantitative estimate of drug-likeness (QED) is 0.746. The van der Waals surface area contributed by atoms with Gasteiger partial charge >= 0.3 is 0 Å². The number of ether oxygens (including phenoxy) is 1. The van der Waals surface area contributed by atoms with Crippen molar-refractivity contribution in [3.63, 3.8) is 0 Å². The Bertz CT molecular complexity index is 380. The topological polar surface area (TPSA) is 49.2 Å². The predicted octanol–water partition coefficient (Wildman–Crippen LogP) is 2.05. The number of thiazole rings is 1. The third-order valence-corrected chi connectivity index (χ3v) is 3.72. The summed E-state index contributed by atoms with van der Waals surface area (Å²) in [6.07, 6.45) is 0.907. The van der Waals surface area contributed by atoms with E-state index >= 15 is 0 Å². The van der Waals surface area contributed by atoms with E-state index in [9.17, 15) is 0 Å². The predicted molar refractivity (Wildman–Crippen MR) is 69.0 cm³/mol. The van der Waals surface area contributed by atoms with Crippen molar-refractivity contribution in [2.75, 3.05) is 26.7 Å². The Morgan fingerprint density at radius 1 is 1.41 bits per heavy atom. The van der Waals surface area contributed by atoms with E-state index in [4.69, 9.17) is 10.00 Å². The van der Waals surface area contributed by atoms with Crippen LogP contribution in [0, 0.1) is 11.3 Å². The van der Waals surface area contributed by atoms with Gasteiger partial charge in [-0.3, -0.25) is 0 Å². The Morgan fingerprint density at radius 2 is 2.12 bits per heavy atom. The molecule has 0 saturated heterocycles. The van der Waals surface area contributed by atoms with Crippen LogP contribution in [-0.2, 0) is 17.8 Å². The summed E-state index contributed by atoms with van der Waals surface area (Å²) in [6.45, 7) is 7.84. The van der Waals surface area contributed by atoms with Gasteiger partial charge in [0.25, 0.3) is 0 Å². The van der Waals surface area contributed by atoms with Crippen LogP contribution in [-0.4, -0.2) is 36.6 Å². The number of methoxy groups -OCH3 is 1. The van der Waals surface area contributed by atoms with Gasteiger partial charge in [0.05, 0.1) is 17.3 Å². The molecule has 1 aromatic heterocycles. The first-order valence-corrected chi connectivity index (χ1v) is 6.66. The fraction of sp³-hybridized carbons (Fsp3) is 0.667. The Morgan fingerprint density at radius 3 is 2.65 bits per heavy atom. The van der Waals surface area contributed by atoms with E-state index in [1.54, 1.807) is 7.11 Å². The normalized spacial score (nSPS) is 10.8. The molecule has 0 fully saturated rings. The lowest BCUT2D eigenvalue weighted by Crippen LogP contribution is -2.25. The molecule has 1 aromatic rings. The molecule has 0 amide bonds. The van der Waals surface area contributed by atoms with Crippen LogP contribution in [0.3, 0.4) is 0 Å². The largest absolute Gasteiger partial charge is 0.378 e. The van der Waals surface area contributed by atoms with Gasteiger partial charge in [-0.2, -0.15) is 5.26 Å². The zero-order valence-electron chi connectivity index (χ0n) is 10.7. The Labute approximate surface area is 107 Å². The number of rotatable bonds is 7. The summed E-state index contributed by atoms with van der Waals surface area (Å²) in [7, 11) is 1.62. The highest BCUT2D eigenvalue weighted by molar-refractivity contribution is 7.12. The number of likely N-dealkylation sites (N-methyl/N-ethyl adjacent to an activating group) is 1. The molecule has 1 heterocycles. The number of hydrogen-bond acceptors (Lipinski definition) is 5. The molecule has 4 nitrogen and oxygen atoms in total. The maximum Gasteiger partial charge on any atom is 0.130 e. The van der Waals surface area contributed by atoms with E-state index in [0.29, 0.717) is 11.5 Å². The summed E-state index contributed by atoms with van der Waals surface area (Å²) < 4.78 is 5.03. The van der Waals surface area contributed by atoms with Gasteiger partial charge in [-0.05, 0) is 13.1 Å². The summed E-state index contributed by atoms with van der Waals surface area (Å²) in [5.74, 6) is 0. The molecule has 0 radical (unpaired) electrons. The zero-order valence-corrected chi connectivity index (χ0v) is 11.5. The van der Waals surface area contributed by atoms with Crippen molar-refractivity contribution >= 4 is 11.3 Å². The summed E-state index contributed by atoms with van der Waals surface area (Å²) in [5.41, 5.74) is 0.773. The van der Waals surface area contributed by atoms with E-state index in [2.05, 4.69) is 29.8 Å². The van der Waals surface area contributed by atoms with Crippen molar-refractivity contribution < 1.29 is 4.74 Å². The lowest BCUT2D eigenvalue weighted by Gasteiger charge is -2.16. The van der Waals surface area contributed by atoms with Gasteiger partial charge in [-0.1, -0.05) is 13.8 Å². The molecule has 0 N–H and O–H groups in total. The van der Waals surface area contributed by atoms with Crippen molar-refractivity contribution in [3.8, 4) is 6.07 Å². The second-order valence-corrected chi connectivity index (χ2v) is 4.79. The zero-order chi connectivity index (χ0) is 12.7. The molecule has 0 aliphatic heterocycles. The summed E-state index contributed by atoms with van der Waals surface area (Å²) in [4.78, 5) is 7.49. The first-order valence-electron chi connectivity index (χ1n) is 5.85. The molecular weight excluding hydrogens is 234 g/mol. The van der Waals surface area contributed by atoms with E-state index in [1.165, 1.54) is 11.3 Å². The van der Waals surface area contributed by atoms with Gasteiger partial charge in [0, 0.05) is 20.1 Å². The smallest absolute Gasteiger partial charge is 0.130 e. The van der Waals surface area contributed by atoms with E-state index in [0.717, 1.165) is 36.8 Å². The van der Waals surface area contributed by atoms with Crippen molar-refractivity contribution in [2.24, 2.45) is 0 Å². The van der Waals surface area contributed by atoms with E-state index in [-0.39, 0.29) is 0 Å². The van der Waals surface area contributed by atoms with Gasteiger partial charge in [0.2, 0.25) is 0 Å². The first-order chi connectivity index (χ1) is 8.24. The van der Waals surface area contributed by atoms with Crippen LogP contribution in [0.2, 0.25) is 0 Å². The maximum atomic E-state index is 8.98. The average molecular weight is 253 g/mol. The minimum absolute atomic E-state index is 0.421. The van der Waals surface area contributed by atoms with Crippen LogP contribution in [0.15, 0.2) is 0 Å². The van der Waals surface area contributed by atoms with Gasteiger partial charge in [0.1, 0.15) is 10.9 Å². The van der Waals surface area contributed by atoms with Crippen LogP contribution >= 0.6 is 11.3 Å². The Balaban J connectivity index is 2.63. The van der Waals surface area contributed by atoms with Crippen molar-refractivity contribution in [3.05, 3.63) is 15.6 Å². The van der Waals surface area contributed by atoms with Crippen LogP contribution in [0.1, 0.15) is 29.4 Å². The summed E-state index contributed by atoms with van der Waals surface area (Å²) >= 11 is 1.48. The average Bonchev–Trinajstić information content (AvgIpc) is 2.73. The highest BCUT2D eigenvalue weighted by atomic mass is 32.1. The fourth-order valence-corrected chi connectivity index (χ4v) is 2.48. The van der Waals surface area contributed by atoms with Crippen molar-refractivity contribution in [2.45, 2.75) is 26.9 Å². The molecule has 0 aliphatic carbocycles. The fourth-order valence-electron chi connectivity index (χ4n) is 1.62. The Kier molecular flexibility index (Phi) is 6.12. The lowest BCUT2D eigenvalue weighted by molar-refractivity contribution is 0.181. The van der Waals surface area contributed by atoms with E-state index in [1.807, 2.05) is 0 Å². The van der Waals surface area contributed by atoms with Crippen molar-refractivity contribution in [1.29, 1.82) is 5.26 Å². The first kappa shape index (κ1) is 14.1. The van der Waals surface area contributed by atoms with Crippen molar-refractivity contribution in [1.82, 2.24) is 9.88 Å². The number of aromatic nitrogens is 1. The van der Waals surface area contributed by atoms with Gasteiger partial charge in [-0.15, -0.1) is 11.3 Å². The van der Waals surface area contributed by atoms with Crippen LogP contribution in [0.25, 0.3) is 0 Å². The van der Waals surface area contributed by atoms with Crippen LogP contribution in [0.5, 0.6) is 0 Å². The standard InChI is InChI=1S/C12H19N3OS/c1-4-15(5-2)7-6-12-14-10(9-16-3)11(8-13)17-12/h4-7,9H2,1-3H3. The second kappa shape index (κ2) is 7.38.